The molecule has 1 unspecified atom stereocenters. The second-order valence-corrected chi connectivity index (χ2v) is 33.2. The zero-order valence-electron chi connectivity index (χ0n) is 76.2. The van der Waals surface area contributed by atoms with Crippen LogP contribution < -0.4 is 9.47 Å². The maximum absolute atomic E-state index is 12.3. The summed E-state index contributed by atoms with van der Waals surface area (Å²) in [5.74, 6) is -8.72. The van der Waals surface area contributed by atoms with Crippen molar-refractivity contribution in [1.82, 2.24) is 0 Å². The van der Waals surface area contributed by atoms with Gasteiger partial charge in [0.2, 0.25) is 0 Å². The number of benzene rings is 11. The van der Waals surface area contributed by atoms with E-state index in [0.717, 1.165) is 89.9 Å². The summed E-state index contributed by atoms with van der Waals surface area (Å²) in [7, 11) is 3.08. The van der Waals surface area contributed by atoms with Gasteiger partial charge in [0.15, 0.2) is 11.5 Å². The first-order chi connectivity index (χ1) is 62.6. The molecule has 0 bridgehead atoms. The number of Topliss-reactive ketones (excluding diaryl/α,β-unsaturated/α-hetero) is 6. The van der Waals surface area contributed by atoms with Gasteiger partial charge in [-0.2, -0.15) is 0 Å². The van der Waals surface area contributed by atoms with Crippen LogP contribution in [-0.4, -0.2) is 115 Å². The van der Waals surface area contributed by atoms with Crippen molar-refractivity contribution in [3.8, 4) is 11.5 Å². The molecule has 20 heteroatoms. The second kappa shape index (κ2) is 56.9. The molecule has 686 valence electrons. The van der Waals surface area contributed by atoms with E-state index in [0.29, 0.717) is 68.4 Å². The zero-order chi connectivity index (χ0) is 95.7. The number of ketones is 6. The van der Waals surface area contributed by atoms with Crippen molar-refractivity contribution in [3.05, 3.63) is 380 Å². The Morgan fingerprint density at radius 1 is 0.252 bits per heavy atom. The molecule has 6 N–H and O–H groups in total. The van der Waals surface area contributed by atoms with Crippen molar-refractivity contribution in [2.45, 2.75) is 164 Å². The Balaban J connectivity index is 0.000000242. The summed E-state index contributed by atoms with van der Waals surface area (Å²) >= 11 is 0. The van der Waals surface area contributed by atoms with Gasteiger partial charge < -0.3 is 40.1 Å². The van der Waals surface area contributed by atoms with Crippen LogP contribution in [0.2, 0.25) is 0 Å². The predicted octanol–water partition coefficient (Wildman–Crippen LogP) is 20.1. The van der Waals surface area contributed by atoms with Crippen LogP contribution >= 0.6 is 0 Å². The smallest absolute Gasteiger partial charge is 0.311 e. The van der Waals surface area contributed by atoms with Gasteiger partial charge in [-0.25, -0.2) is 0 Å². The van der Waals surface area contributed by atoms with Gasteiger partial charge in [-0.3, -0.25) is 57.5 Å². The summed E-state index contributed by atoms with van der Waals surface area (Å²) in [5.41, 5.74) is 15.6. The number of hydrogen-bond donors (Lipinski definition) is 6. The number of rotatable bonds is 43. The van der Waals surface area contributed by atoms with Crippen LogP contribution in [0.1, 0.15) is 154 Å². The predicted molar refractivity (Wildman–Crippen MR) is 508 cm³/mol. The molecule has 0 aliphatic rings. The fourth-order valence-electron chi connectivity index (χ4n) is 14.3. The molecule has 0 saturated carbocycles. The lowest BCUT2D eigenvalue weighted by Crippen LogP contribution is -2.25. The number of carbonyl (C=O) groups is 12. The summed E-state index contributed by atoms with van der Waals surface area (Å²) in [6.45, 7) is 13.8. The highest BCUT2D eigenvalue weighted by atomic mass is 16.5. The Morgan fingerprint density at radius 3 is 0.710 bits per heavy atom. The lowest BCUT2D eigenvalue weighted by molar-refractivity contribution is -0.146. The number of aryl methyl sites for hydroxylation is 5. The fraction of sp³-hybridized carbons (Fsp3) is 0.297. The van der Waals surface area contributed by atoms with E-state index in [1.165, 1.54) is 7.11 Å². The van der Waals surface area contributed by atoms with Gasteiger partial charge in [0.1, 0.15) is 34.7 Å². The van der Waals surface area contributed by atoms with Crippen LogP contribution in [0.4, 0.5) is 0 Å². The maximum atomic E-state index is 12.3. The van der Waals surface area contributed by atoms with Crippen molar-refractivity contribution >= 4 is 70.5 Å². The summed E-state index contributed by atoms with van der Waals surface area (Å²) in [6, 6.07) is 90.5. The van der Waals surface area contributed by atoms with Gasteiger partial charge in [0, 0.05) is 77.0 Å². The average Bonchev–Trinajstić information content (AvgIpc) is 0.859. The molecule has 0 amide bonds. The van der Waals surface area contributed by atoms with Crippen LogP contribution in [0, 0.1) is 70.1 Å². The van der Waals surface area contributed by atoms with Crippen molar-refractivity contribution in [3.63, 3.8) is 0 Å². The molecular weight excluding hydrogens is 1650 g/mol. The molecule has 0 saturated heterocycles. The molecule has 11 aromatic rings. The molecule has 0 fully saturated rings. The maximum Gasteiger partial charge on any atom is 0.311 e. The molecule has 20 nitrogen and oxygen atoms in total. The summed E-state index contributed by atoms with van der Waals surface area (Å²) < 4.78 is 10.4. The minimum absolute atomic E-state index is 0.00142. The largest absolute Gasteiger partial charge is 0.493 e. The van der Waals surface area contributed by atoms with E-state index in [9.17, 15) is 88.2 Å². The van der Waals surface area contributed by atoms with E-state index < -0.39 is 71.3 Å². The third kappa shape index (κ3) is 41.2. The third-order valence-electron chi connectivity index (χ3n) is 22.1. The lowest BCUT2D eigenvalue weighted by Gasteiger charge is -2.17. The Morgan fingerprint density at radius 2 is 0.481 bits per heavy atom. The number of ether oxygens (including phenoxy) is 2. The lowest BCUT2D eigenvalue weighted by atomic mass is 9.86. The van der Waals surface area contributed by atoms with Gasteiger partial charge in [-0.1, -0.05) is 327 Å². The normalized spacial score (nSPS) is 12.1. The molecule has 7 atom stereocenters. The Bertz CT molecular complexity index is 5130. The van der Waals surface area contributed by atoms with Crippen molar-refractivity contribution in [1.29, 1.82) is 0 Å². The molecule has 0 aliphatic heterocycles. The van der Waals surface area contributed by atoms with Crippen LogP contribution in [0.5, 0.6) is 11.5 Å². The van der Waals surface area contributed by atoms with Crippen LogP contribution in [0.25, 0.3) is 0 Å². The van der Waals surface area contributed by atoms with E-state index >= 15 is 0 Å². The number of carboxylic acids is 6. The minimum Gasteiger partial charge on any atom is -0.493 e. The zero-order valence-corrected chi connectivity index (χ0v) is 76.2. The number of carboxylic acid groups (broad SMARTS) is 6. The third-order valence-corrected chi connectivity index (χ3v) is 22.1. The topological polar surface area (TPSA) is 345 Å². The molecule has 0 spiro atoms. The number of carbonyl (C=O) groups excluding carboxylic acids is 6. The quantitative estimate of drug-likeness (QED) is 0.0207. The molecule has 0 radical (unpaired) electrons. The van der Waals surface area contributed by atoms with Crippen molar-refractivity contribution < 1.29 is 97.6 Å². The Labute approximate surface area is 768 Å². The first kappa shape index (κ1) is 106. The van der Waals surface area contributed by atoms with E-state index in [4.69, 9.17) is 9.47 Å². The molecule has 131 heavy (non-hydrogen) atoms. The SMILES string of the molecule is CC[C@H](C)[C@H](CC(=O)Cc1ccc(C)cc1)C(=O)O.COc1ccc(CC(=O)CC(Cc2ccccc2)C(=O)O)cc1OC.Cc1ccc(CC(=O)C[C@@H](Cc2ccccc2)C(=O)O)cc1.Cc1ccc(CC(=O)C[C@@H](Cc2ccccc2)C(=O)O)cc1.Cc1ccc(CC(=O)C[C@H](C(=O)O)c2ccccc2)cc1.Cc1ccc(CC(=O)C[C@H](Cc2ccccc2)C(=O)O)cc1. The van der Waals surface area contributed by atoms with Crippen LogP contribution in [0.15, 0.2) is 291 Å². The van der Waals surface area contributed by atoms with Gasteiger partial charge in [0.25, 0.3) is 0 Å². The Hall–Kier alpha value is -14.1. The highest BCUT2D eigenvalue weighted by Gasteiger charge is 2.29. The molecule has 0 aromatic heterocycles. The standard InChI is InChI=1S/C20H22O5.3C19H20O3.C18H18O3.C16H22O3/c1-24-18-9-8-15(12-19(18)25-2)11-17(21)13-16(20(22)23)10-14-6-4-3-5-7-14;3*1-14-7-9-16(10-8-14)12-18(20)13-17(19(21)22)11-15-5-3-2-4-6-15;1-13-7-9-14(10-8-13)11-16(19)12-17(18(20)21)15-5-3-2-4-6-15;1-4-12(3)15(16(18)19)10-14(17)9-13-7-5-11(2)6-8-13/h3-9,12,16H,10-11,13H2,1-2H3,(H,22,23);3*2-10,17H,11-13H2,1H3,(H,21,22);2-10,17H,11-12H2,1H3,(H,20,21);5-8,12,15H,4,9-10H2,1-3H3,(H,18,19)/t;4*17-;12-,15-/m.11000/s1. The molecular formula is C111H122O20. The number of aliphatic carboxylic acids is 6. The molecule has 0 aliphatic carbocycles. The number of methoxy groups -OCH3 is 2. The Kier molecular flexibility index (Phi) is 45.9. The fourth-order valence-corrected chi connectivity index (χ4v) is 14.3. The van der Waals surface area contributed by atoms with Gasteiger partial charge >= 0.3 is 35.8 Å². The van der Waals surface area contributed by atoms with E-state index in [1.54, 1.807) is 49.6 Å². The van der Waals surface area contributed by atoms with E-state index in [2.05, 4.69) is 0 Å². The van der Waals surface area contributed by atoms with Gasteiger partial charge in [-0.15, -0.1) is 0 Å². The second-order valence-electron chi connectivity index (χ2n) is 33.2. The summed E-state index contributed by atoms with van der Waals surface area (Å²) in [5, 5.41) is 55.9. The molecule has 11 aromatic carbocycles. The van der Waals surface area contributed by atoms with Crippen LogP contribution in [0.3, 0.4) is 0 Å². The first-order valence-corrected chi connectivity index (χ1v) is 43.8. The highest BCUT2D eigenvalue weighted by molar-refractivity contribution is 5.90. The summed E-state index contributed by atoms with van der Waals surface area (Å²) in [4.78, 5) is 141. The molecule has 11 rings (SSSR count). The minimum atomic E-state index is -0.960. The van der Waals surface area contributed by atoms with Crippen molar-refractivity contribution in [2.75, 3.05) is 14.2 Å². The molecule has 0 heterocycles. The first-order valence-electron chi connectivity index (χ1n) is 43.8. The van der Waals surface area contributed by atoms with Gasteiger partial charge in [0.05, 0.1) is 49.7 Å². The van der Waals surface area contributed by atoms with Crippen LogP contribution in [-0.2, 0) is 122 Å². The van der Waals surface area contributed by atoms with E-state index in [-0.39, 0.29) is 92.0 Å². The van der Waals surface area contributed by atoms with Crippen molar-refractivity contribution in [2.24, 2.45) is 35.5 Å². The van der Waals surface area contributed by atoms with Gasteiger partial charge in [-0.05, 0) is 140 Å². The monoisotopic (exact) mass is 1770 g/mol. The summed E-state index contributed by atoms with van der Waals surface area (Å²) in [6.07, 6.45) is 4.25. The average molecular weight is 1780 g/mol. The van der Waals surface area contributed by atoms with E-state index in [1.807, 2.05) is 297 Å². The highest BCUT2D eigenvalue weighted by Crippen LogP contribution is 2.30. The number of hydrogen-bond acceptors (Lipinski definition) is 14.